The van der Waals surface area contributed by atoms with Crippen molar-refractivity contribution in [3.8, 4) is 22.5 Å². The zero-order valence-electron chi connectivity index (χ0n) is 45.6. The van der Waals surface area contributed by atoms with E-state index in [2.05, 4.69) is 35.6 Å². The molecule has 2 fully saturated rings. The first-order chi connectivity index (χ1) is 41.9. The molecule has 22 nitrogen and oxygen atoms in total. The molecule has 2 saturated heterocycles. The Morgan fingerprint density at radius 1 is 0.575 bits per heavy atom. The number of nitrogens with two attached hydrogens (primary N) is 1. The van der Waals surface area contributed by atoms with Crippen molar-refractivity contribution in [3.05, 3.63) is 202 Å². The number of anilines is 3. The topological polar surface area (TPSA) is 289 Å². The zero-order valence-corrected chi connectivity index (χ0v) is 53.1. The van der Waals surface area contributed by atoms with E-state index in [0.29, 0.717) is 94.3 Å². The van der Waals surface area contributed by atoms with Crippen molar-refractivity contribution in [2.45, 2.75) is 47.6 Å². The Morgan fingerprint density at radius 3 is 1.39 bits per heavy atom. The van der Waals surface area contributed by atoms with Crippen LogP contribution >= 0.6 is 41.0 Å². The quantitative estimate of drug-likeness (QED) is 0.0549. The molecule has 2 radical (unpaired) electrons. The number of aromatic nitrogens is 8. The number of carbonyl (C=O) groups excluding carboxylic acids is 2. The van der Waals surface area contributed by atoms with Crippen LogP contribution in [-0.2, 0) is 20.0 Å². The molecule has 6 aromatic heterocycles. The standard InChI is InChI=1S/C29H24ClN7O5S.C29H26ClN7O3S.2ClH.Sn/c30-24-16-32-29(33-19-7-6-14-35(17-19)28(38)25-13-12-20(15-31-25)37(39)40)34-27(24)23-18-36(26-11-5-4-10-22(23)26)43(41,42)21-8-2-1-3-9-21;30-24-16-33-29(34-20-7-6-14-36(17-20)28(38)25-13-12-19(31)15-32-25)35-27(24)23-18-37(26-11-5-4-10-22(23)26)41(39,40)21-8-2-1-3-9-21;;;/h1-5,8-13,15-16,18-19H,6-7,14,17H2,(H,32,33,34);1-5,8-13,15-16,18,20H,6-7,14,17,31H2,(H,33,34,35);2*1H;/q;;;;+2/p-2/t19-;20-;;;/m11.../s1. The van der Waals surface area contributed by atoms with Gasteiger partial charge in [-0.05, 0) is 80.3 Å². The summed E-state index contributed by atoms with van der Waals surface area (Å²) < 4.78 is 56.7. The number of halogens is 4. The number of benzene rings is 4. The number of hydrogen-bond acceptors (Lipinski definition) is 17. The van der Waals surface area contributed by atoms with Crippen LogP contribution < -0.4 is 16.4 Å². The molecule has 0 saturated carbocycles. The Hall–Kier alpha value is -7.98. The molecule has 4 N–H and O–H groups in total. The predicted octanol–water partition coefficient (Wildman–Crippen LogP) is 10.7. The molecule has 0 bridgehead atoms. The number of hydrogen-bond donors (Lipinski definition) is 3. The zero-order chi connectivity index (χ0) is 61.4. The Balaban J connectivity index is 0.000000185. The fraction of sp³-hybridized carbons (Fsp3) is 0.172. The summed E-state index contributed by atoms with van der Waals surface area (Å²) in [5.41, 5.74) is 9.30. The van der Waals surface area contributed by atoms with Crippen LogP contribution in [0.2, 0.25) is 10.0 Å². The monoisotopic (exact) mass is 1390 g/mol. The summed E-state index contributed by atoms with van der Waals surface area (Å²) in [5.74, 6) is 0.111. The normalized spacial score (nSPS) is 15.2. The molecule has 0 aliphatic carbocycles. The van der Waals surface area contributed by atoms with Crippen molar-refractivity contribution >= 4 is 137 Å². The van der Waals surface area contributed by atoms with E-state index in [1.54, 1.807) is 113 Å². The average molecular weight is 1400 g/mol. The summed E-state index contributed by atoms with van der Waals surface area (Å²) in [7, 11) is 2.09. The van der Waals surface area contributed by atoms with E-state index in [9.17, 15) is 36.5 Å². The number of rotatable bonds is 13. The third-order valence-electron chi connectivity index (χ3n) is 14.2. The third kappa shape index (κ3) is 13.9. The summed E-state index contributed by atoms with van der Waals surface area (Å²) in [4.78, 5) is 66.3. The maximum atomic E-state index is 13.6. The van der Waals surface area contributed by atoms with Gasteiger partial charge in [0.05, 0.1) is 71.5 Å². The molecule has 4 aromatic carbocycles. The van der Waals surface area contributed by atoms with Gasteiger partial charge in [0.1, 0.15) is 17.6 Å². The van der Waals surface area contributed by atoms with E-state index in [-0.39, 0.29) is 61.1 Å². The van der Waals surface area contributed by atoms with E-state index < -0.39 is 43.9 Å². The maximum absolute atomic E-state index is 13.6. The molecule has 2 amide bonds. The van der Waals surface area contributed by atoms with E-state index in [4.69, 9.17) is 51.8 Å². The van der Waals surface area contributed by atoms with Crippen LogP contribution in [0.1, 0.15) is 46.7 Å². The third-order valence-corrected chi connectivity index (χ3v) is 18.2. The number of carbonyl (C=O) groups is 2. The van der Waals surface area contributed by atoms with Gasteiger partial charge < -0.3 is 26.2 Å². The molecule has 12 rings (SSSR count). The van der Waals surface area contributed by atoms with Crippen molar-refractivity contribution in [2.75, 3.05) is 42.5 Å². The number of amides is 2. The second-order valence-corrected chi connectivity index (χ2v) is 28.5. The van der Waals surface area contributed by atoms with E-state index in [0.717, 1.165) is 25.5 Å². The van der Waals surface area contributed by atoms with Gasteiger partial charge in [0.25, 0.3) is 37.5 Å². The molecule has 0 unspecified atom stereocenters. The molecule has 29 heteroatoms. The summed E-state index contributed by atoms with van der Waals surface area (Å²) in [6.45, 7) is 1.91. The Morgan fingerprint density at radius 2 is 0.989 bits per heavy atom. The van der Waals surface area contributed by atoms with Crippen LogP contribution in [0.3, 0.4) is 0 Å². The molecule has 87 heavy (non-hydrogen) atoms. The molecule has 0 spiro atoms. The van der Waals surface area contributed by atoms with Crippen LogP contribution in [0.5, 0.6) is 0 Å². The Bertz CT molecular complexity index is 4390. The van der Waals surface area contributed by atoms with Gasteiger partial charge in [-0.1, -0.05) is 96.0 Å². The van der Waals surface area contributed by atoms with Gasteiger partial charge >= 0.3 is 36.7 Å². The van der Waals surface area contributed by atoms with Crippen molar-refractivity contribution in [1.29, 1.82) is 0 Å². The fourth-order valence-corrected chi connectivity index (χ4v) is 13.3. The number of pyridine rings is 2. The summed E-state index contributed by atoms with van der Waals surface area (Å²) in [6, 6.07) is 36.3. The minimum atomic E-state index is -3.90. The first kappa shape index (κ1) is 62.1. The van der Waals surface area contributed by atoms with E-state index in [1.807, 2.05) is 24.3 Å². The minimum absolute atomic E-state index is 0.102. The van der Waals surface area contributed by atoms with Crippen molar-refractivity contribution in [2.24, 2.45) is 0 Å². The van der Waals surface area contributed by atoms with Crippen LogP contribution in [0.4, 0.5) is 23.3 Å². The number of fused-ring (bicyclic) bond motifs is 2. The number of likely N-dealkylation sites (tertiary alicyclic amines) is 2. The molecule has 8 heterocycles. The van der Waals surface area contributed by atoms with Crippen LogP contribution in [0.15, 0.2) is 180 Å². The summed E-state index contributed by atoms with van der Waals surface area (Å²) in [6.07, 6.45) is 11.6. The first-order valence-corrected chi connectivity index (χ1v) is 37.6. The van der Waals surface area contributed by atoms with Crippen LogP contribution in [0.25, 0.3) is 44.3 Å². The number of nitro groups is 1. The van der Waals surface area contributed by atoms with Crippen molar-refractivity contribution in [3.63, 3.8) is 0 Å². The van der Waals surface area contributed by atoms with Crippen LogP contribution in [-0.4, -0.2) is 138 Å². The number of nitrogens with zero attached hydrogens (tertiary/aromatic N) is 11. The molecular weight excluding hydrogens is 1350 g/mol. The van der Waals surface area contributed by atoms with Gasteiger partial charge in [0.15, 0.2) is 0 Å². The number of nitrogen functional groups attached to an aromatic ring is 1. The van der Waals surface area contributed by atoms with E-state index in [1.165, 1.54) is 44.9 Å². The molecular formula is C58H50Cl4N14O8S2Sn. The second kappa shape index (κ2) is 27.4. The van der Waals surface area contributed by atoms with Crippen molar-refractivity contribution in [1.82, 2.24) is 47.6 Å². The van der Waals surface area contributed by atoms with Gasteiger partial charge in [0.2, 0.25) is 11.9 Å². The van der Waals surface area contributed by atoms with Crippen molar-refractivity contribution < 1.29 is 31.3 Å². The predicted molar refractivity (Wildman–Crippen MR) is 336 cm³/mol. The SMILES string of the molecule is Nc1ccc(C(=O)N2CCC[C@@H](Nc3ncc(Cl)c(-c4cn(S(=O)(=O)c5ccccc5)c5ccccc45)n3)C2)nc1.O=C(c1ccc([N+](=O)[O-])cn1)N1CCC[C@@H](Nc2ncc(Cl)c(-c3cn(S(=O)(=O)c4ccccc4)c4ccccc34)n2)C1.[Cl][Sn][Cl]. The number of piperidine rings is 2. The molecule has 2 aliphatic heterocycles. The van der Waals surface area contributed by atoms with Gasteiger partial charge in [-0.25, -0.2) is 54.7 Å². The summed E-state index contributed by atoms with van der Waals surface area (Å²) in [5, 5.41) is 19.4. The molecule has 444 valence electrons. The van der Waals surface area contributed by atoms with Crippen LogP contribution in [0, 0.1) is 10.1 Å². The van der Waals surface area contributed by atoms with Gasteiger partial charge in [-0.2, -0.15) is 0 Å². The second-order valence-electron chi connectivity index (χ2n) is 19.8. The summed E-state index contributed by atoms with van der Waals surface area (Å²) >= 11 is 12.3. The molecule has 2 aliphatic rings. The van der Waals surface area contributed by atoms with E-state index >= 15 is 0 Å². The average Bonchev–Trinajstić information content (AvgIpc) is 1.76. The number of nitrogens with one attached hydrogen (secondary N) is 2. The Kier molecular flexibility index (Phi) is 19.5. The van der Waals surface area contributed by atoms with Gasteiger partial charge in [0, 0.05) is 78.6 Å². The Labute approximate surface area is 526 Å². The molecule has 10 aromatic rings. The first-order valence-electron chi connectivity index (χ1n) is 26.7. The van der Waals surface area contributed by atoms with Gasteiger partial charge in [-0.3, -0.25) is 19.7 Å². The fourth-order valence-electron chi connectivity index (χ4n) is 10.1. The number of para-hydroxylation sites is 2. The van der Waals surface area contributed by atoms with Gasteiger partial charge in [-0.15, -0.1) is 0 Å². The molecule has 2 atom stereocenters.